The van der Waals surface area contributed by atoms with Crippen LogP contribution in [0.4, 0.5) is 14.6 Å². The van der Waals surface area contributed by atoms with Crippen LogP contribution in [0.15, 0.2) is 17.6 Å². The first-order valence-electron chi connectivity index (χ1n) is 10.8. The topological polar surface area (TPSA) is 54.5 Å². The first kappa shape index (κ1) is 18.9. The number of alkyl halides is 2. The molecule has 1 amide bonds. The van der Waals surface area contributed by atoms with Gasteiger partial charge in [0.15, 0.2) is 0 Å². The van der Waals surface area contributed by atoms with Crippen LogP contribution in [0.3, 0.4) is 0 Å². The van der Waals surface area contributed by atoms with Gasteiger partial charge in [0.25, 0.3) is 5.91 Å². The summed E-state index contributed by atoms with van der Waals surface area (Å²) < 4.78 is 36.9. The van der Waals surface area contributed by atoms with E-state index in [9.17, 15) is 4.79 Å². The number of nitrogens with one attached hydrogen (secondary N) is 1. The fourth-order valence-corrected chi connectivity index (χ4v) is 7.64. The summed E-state index contributed by atoms with van der Waals surface area (Å²) in [7, 11) is 0. The van der Waals surface area contributed by atoms with Gasteiger partial charge in [-0.2, -0.15) is 0 Å². The summed E-state index contributed by atoms with van der Waals surface area (Å²) in [6, 6.07) is 1.95. The molecule has 2 aromatic heterocycles. The molecule has 0 spiro atoms. The van der Waals surface area contributed by atoms with Crippen molar-refractivity contribution in [1.29, 1.82) is 0 Å². The molecule has 7 rings (SSSR count). The van der Waals surface area contributed by atoms with Crippen LogP contribution in [-0.4, -0.2) is 59.0 Å². The summed E-state index contributed by atoms with van der Waals surface area (Å²) in [6.07, 6.45) is 4.08. The summed E-state index contributed by atoms with van der Waals surface area (Å²) in [5.74, 6) is 0.688. The van der Waals surface area contributed by atoms with E-state index in [1.165, 1.54) is 11.3 Å². The minimum Gasteiger partial charge on any atom is -0.378 e. The lowest BCUT2D eigenvalue weighted by Crippen LogP contribution is -2.65. The predicted molar refractivity (Wildman–Crippen MR) is 112 cm³/mol. The number of carbonyl (C=O) groups is 1. The molecule has 0 aromatic carbocycles. The molecule has 5 aliphatic rings. The van der Waals surface area contributed by atoms with Crippen LogP contribution >= 0.6 is 11.3 Å². The van der Waals surface area contributed by atoms with Crippen molar-refractivity contribution in [1.82, 2.24) is 9.88 Å². The van der Waals surface area contributed by atoms with Gasteiger partial charge in [0, 0.05) is 49.5 Å². The second-order valence-electron chi connectivity index (χ2n) is 9.80. The molecule has 30 heavy (non-hydrogen) atoms. The number of hydrogen-bond donors (Lipinski definition) is 1. The lowest BCUT2D eigenvalue weighted by Gasteiger charge is -2.61. The Labute approximate surface area is 177 Å². The van der Waals surface area contributed by atoms with Gasteiger partial charge in [0.1, 0.15) is 17.2 Å². The molecule has 5 fully saturated rings. The largest absolute Gasteiger partial charge is 0.378 e. The Hall–Kier alpha value is -1.80. The van der Waals surface area contributed by atoms with E-state index in [-0.39, 0.29) is 18.2 Å². The Morgan fingerprint density at radius 2 is 1.90 bits per heavy atom. The molecule has 8 heteroatoms. The Kier molecular flexibility index (Phi) is 4.01. The second kappa shape index (κ2) is 6.36. The SMILES string of the molecule is O=C(c1cnc(NC23CC4CC(F)(CC(F)(C4)C2)C3)c2ccsc12)N1CCOCC1. The van der Waals surface area contributed by atoms with Gasteiger partial charge in [0.2, 0.25) is 0 Å². The normalized spacial score (nSPS) is 37.7. The minimum atomic E-state index is -1.42. The van der Waals surface area contributed by atoms with Crippen molar-refractivity contribution in [2.24, 2.45) is 5.92 Å². The van der Waals surface area contributed by atoms with Crippen LogP contribution in [0.5, 0.6) is 0 Å². The van der Waals surface area contributed by atoms with Crippen LogP contribution in [0.2, 0.25) is 0 Å². The monoisotopic (exact) mass is 433 g/mol. The second-order valence-corrected chi connectivity index (χ2v) is 10.7. The highest BCUT2D eigenvalue weighted by atomic mass is 32.1. The Bertz CT molecular complexity index is 1000. The highest BCUT2D eigenvalue weighted by Gasteiger charge is 2.65. The number of rotatable bonds is 3. The van der Waals surface area contributed by atoms with Crippen molar-refractivity contribution in [3.8, 4) is 0 Å². The predicted octanol–water partition coefficient (Wildman–Crippen LogP) is 4.33. The molecule has 2 atom stereocenters. The summed E-state index contributed by atoms with van der Waals surface area (Å²) in [6.45, 7) is 2.25. The highest BCUT2D eigenvalue weighted by molar-refractivity contribution is 7.17. The standard InChI is InChI=1S/C22H25F2N3O2S/c23-20-7-14-8-21(24,11-20)13-22(9-14,12-20)26-18-15-1-6-30-17(15)16(10-25-18)19(28)27-2-4-29-5-3-27/h1,6,10,14H,2-5,7-9,11-13H2,(H,25,26). The average Bonchev–Trinajstić information content (AvgIpc) is 3.16. The van der Waals surface area contributed by atoms with Gasteiger partial charge in [-0.1, -0.05) is 0 Å². The summed E-state index contributed by atoms with van der Waals surface area (Å²) >= 11 is 1.50. The third-order valence-electron chi connectivity index (χ3n) is 7.33. The molecule has 160 valence electrons. The minimum absolute atomic E-state index is 0.0359. The van der Waals surface area contributed by atoms with Gasteiger partial charge in [-0.25, -0.2) is 13.8 Å². The number of thiophene rings is 1. The fourth-order valence-electron chi connectivity index (χ4n) is 6.75. The molecule has 2 aromatic rings. The quantitative estimate of drug-likeness (QED) is 0.783. The average molecular weight is 434 g/mol. The molecule has 0 radical (unpaired) electrons. The van der Waals surface area contributed by atoms with Crippen molar-refractivity contribution in [3.63, 3.8) is 0 Å². The molecule has 5 nitrogen and oxygen atoms in total. The number of ether oxygens (including phenoxy) is 1. The van der Waals surface area contributed by atoms with Crippen LogP contribution in [0.1, 0.15) is 48.9 Å². The number of fused-ring (bicyclic) bond motifs is 1. The van der Waals surface area contributed by atoms with Gasteiger partial charge in [-0.15, -0.1) is 11.3 Å². The molecule has 4 saturated carbocycles. The number of nitrogens with zero attached hydrogens (tertiary/aromatic N) is 2. The molecule has 1 aliphatic heterocycles. The zero-order valence-electron chi connectivity index (χ0n) is 16.8. The van der Waals surface area contributed by atoms with Crippen LogP contribution in [0, 0.1) is 5.92 Å². The Morgan fingerprint density at radius 3 is 2.60 bits per heavy atom. The van der Waals surface area contributed by atoms with Crippen LogP contribution in [0.25, 0.3) is 10.1 Å². The smallest absolute Gasteiger partial charge is 0.257 e. The first-order valence-corrected chi connectivity index (χ1v) is 11.6. The molecule has 4 bridgehead atoms. The number of amides is 1. The number of hydrogen-bond acceptors (Lipinski definition) is 5. The zero-order valence-corrected chi connectivity index (χ0v) is 17.6. The Balaban J connectivity index is 1.34. The zero-order chi connectivity index (χ0) is 20.6. The molecule has 1 N–H and O–H groups in total. The maximum absolute atomic E-state index is 15.3. The van der Waals surface area contributed by atoms with E-state index in [0.717, 1.165) is 16.5 Å². The van der Waals surface area contributed by atoms with Crippen LogP contribution < -0.4 is 5.32 Å². The van der Waals surface area contributed by atoms with E-state index in [1.54, 1.807) is 11.1 Å². The third-order valence-corrected chi connectivity index (χ3v) is 8.28. The van der Waals surface area contributed by atoms with E-state index in [4.69, 9.17) is 4.74 Å². The number of halogens is 2. The highest BCUT2D eigenvalue weighted by Crippen LogP contribution is 2.62. The van der Waals surface area contributed by atoms with Crippen molar-refractivity contribution >= 4 is 33.1 Å². The number of morpholine rings is 1. The molecule has 1 saturated heterocycles. The molecule has 2 unspecified atom stereocenters. The number of pyridine rings is 1. The van der Waals surface area contributed by atoms with E-state index in [2.05, 4.69) is 10.3 Å². The van der Waals surface area contributed by atoms with E-state index in [0.29, 0.717) is 63.4 Å². The molecular formula is C22H25F2N3O2S. The van der Waals surface area contributed by atoms with Crippen molar-refractivity contribution in [2.45, 2.75) is 55.4 Å². The van der Waals surface area contributed by atoms with E-state index >= 15 is 8.78 Å². The summed E-state index contributed by atoms with van der Waals surface area (Å²) in [5.41, 5.74) is -2.84. The van der Waals surface area contributed by atoms with Gasteiger partial charge in [-0.3, -0.25) is 4.79 Å². The van der Waals surface area contributed by atoms with Gasteiger partial charge < -0.3 is 15.0 Å². The van der Waals surface area contributed by atoms with Gasteiger partial charge in [0.05, 0.1) is 23.5 Å². The molecule has 3 heterocycles. The molecular weight excluding hydrogens is 408 g/mol. The summed E-state index contributed by atoms with van der Waals surface area (Å²) in [4.78, 5) is 19.4. The van der Waals surface area contributed by atoms with Crippen molar-refractivity contribution in [2.75, 3.05) is 31.6 Å². The van der Waals surface area contributed by atoms with Gasteiger partial charge >= 0.3 is 0 Å². The van der Waals surface area contributed by atoms with E-state index < -0.39 is 16.9 Å². The van der Waals surface area contributed by atoms with Crippen LogP contribution in [-0.2, 0) is 4.74 Å². The summed E-state index contributed by atoms with van der Waals surface area (Å²) in [5, 5.41) is 6.28. The number of aromatic nitrogens is 1. The van der Waals surface area contributed by atoms with Crippen molar-refractivity contribution < 1.29 is 18.3 Å². The lowest BCUT2D eigenvalue weighted by molar-refractivity contribution is -0.137. The lowest BCUT2D eigenvalue weighted by atomic mass is 9.50. The first-order chi connectivity index (χ1) is 14.4. The fraction of sp³-hybridized carbons (Fsp3) is 0.636. The van der Waals surface area contributed by atoms with E-state index in [1.807, 2.05) is 11.4 Å². The maximum atomic E-state index is 15.3. The third kappa shape index (κ3) is 2.94. The molecule has 4 aliphatic carbocycles. The maximum Gasteiger partial charge on any atom is 0.257 e. The number of carbonyl (C=O) groups excluding carboxylic acids is 1. The number of anilines is 1. The van der Waals surface area contributed by atoms with Gasteiger partial charge in [-0.05, 0) is 36.6 Å². The van der Waals surface area contributed by atoms with Crippen molar-refractivity contribution in [3.05, 3.63) is 23.2 Å². The Morgan fingerprint density at radius 1 is 1.17 bits per heavy atom.